The summed E-state index contributed by atoms with van der Waals surface area (Å²) in [6, 6.07) is 13.5. The molecule has 0 atom stereocenters. The van der Waals surface area contributed by atoms with Crippen LogP contribution in [0.15, 0.2) is 54.2 Å². The SMILES string of the molecule is CC(=CC(=O)Nc1c(C)cc(C)cc1C)NNC(=O)Cc1ccccc1. The number of carbonyl (C=O) groups excluding carboxylic acids is 2. The van der Waals surface area contributed by atoms with Crippen LogP contribution in [0.2, 0.25) is 0 Å². The van der Waals surface area contributed by atoms with Crippen LogP contribution in [0.5, 0.6) is 0 Å². The Kier molecular flexibility index (Phi) is 6.55. The van der Waals surface area contributed by atoms with Crippen LogP contribution in [0.25, 0.3) is 0 Å². The molecule has 0 aromatic heterocycles. The van der Waals surface area contributed by atoms with Crippen LogP contribution in [-0.4, -0.2) is 11.8 Å². The Balaban J connectivity index is 1.89. The number of nitrogens with one attached hydrogen (secondary N) is 3. The van der Waals surface area contributed by atoms with Crippen molar-refractivity contribution in [3.8, 4) is 0 Å². The van der Waals surface area contributed by atoms with Crippen LogP contribution in [0, 0.1) is 20.8 Å². The molecule has 136 valence electrons. The summed E-state index contributed by atoms with van der Waals surface area (Å²) in [6.07, 6.45) is 1.69. The molecule has 0 radical (unpaired) electrons. The average Bonchev–Trinajstić information content (AvgIpc) is 2.57. The second kappa shape index (κ2) is 8.85. The van der Waals surface area contributed by atoms with E-state index in [1.54, 1.807) is 6.92 Å². The van der Waals surface area contributed by atoms with Crippen molar-refractivity contribution < 1.29 is 9.59 Å². The van der Waals surface area contributed by atoms with E-state index in [0.717, 1.165) is 27.9 Å². The van der Waals surface area contributed by atoms with Gasteiger partial charge in [-0.3, -0.25) is 15.0 Å². The van der Waals surface area contributed by atoms with Crippen LogP contribution in [0.4, 0.5) is 5.69 Å². The van der Waals surface area contributed by atoms with Gasteiger partial charge >= 0.3 is 0 Å². The molecular formula is C21H25N3O2. The van der Waals surface area contributed by atoms with E-state index in [9.17, 15) is 9.59 Å². The summed E-state index contributed by atoms with van der Waals surface area (Å²) in [6.45, 7) is 7.68. The highest BCUT2D eigenvalue weighted by Crippen LogP contribution is 2.21. The highest BCUT2D eigenvalue weighted by atomic mass is 16.2. The van der Waals surface area contributed by atoms with Gasteiger partial charge in [0.1, 0.15) is 0 Å². The zero-order valence-electron chi connectivity index (χ0n) is 15.6. The molecule has 2 rings (SSSR count). The second-order valence-corrected chi connectivity index (χ2v) is 6.43. The highest BCUT2D eigenvalue weighted by molar-refractivity contribution is 6.00. The quantitative estimate of drug-likeness (QED) is 0.552. The zero-order chi connectivity index (χ0) is 19.1. The van der Waals surface area contributed by atoms with Gasteiger partial charge < -0.3 is 10.7 Å². The van der Waals surface area contributed by atoms with Crippen LogP contribution in [0.3, 0.4) is 0 Å². The van der Waals surface area contributed by atoms with Gasteiger partial charge in [0.15, 0.2) is 0 Å². The molecule has 0 bridgehead atoms. The number of hydrazine groups is 1. The van der Waals surface area contributed by atoms with Crippen molar-refractivity contribution in [3.05, 3.63) is 76.5 Å². The van der Waals surface area contributed by atoms with Gasteiger partial charge in [0.05, 0.1) is 6.42 Å². The monoisotopic (exact) mass is 351 g/mol. The van der Waals surface area contributed by atoms with E-state index in [2.05, 4.69) is 16.2 Å². The molecule has 3 N–H and O–H groups in total. The molecule has 26 heavy (non-hydrogen) atoms. The maximum Gasteiger partial charge on any atom is 0.250 e. The number of allylic oxidation sites excluding steroid dienone is 1. The summed E-state index contributed by atoms with van der Waals surface area (Å²) in [5, 5.41) is 2.90. The van der Waals surface area contributed by atoms with Gasteiger partial charge in [-0.05, 0) is 44.4 Å². The number of carbonyl (C=O) groups is 2. The number of benzene rings is 2. The second-order valence-electron chi connectivity index (χ2n) is 6.43. The zero-order valence-corrected chi connectivity index (χ0v) is 15.6. The Bertz CT molecular complexity index is 803. The Labute approximate surface area is 154 Å². The van der Waals surface area contributed by atoms with E-state index in [1.807, 2.05) is 63.2 Å². The maximum absolute atomic E-state index is 12.2. The van der Waals surface area contributed by atoms with E-state index < -0.39 is 0 Å². The van der Waals surface area contributed by atoms with Crippen molar-refractivity contribution in [3.63, 3.8) is 0 Å². The molecule has 0 spiro atoms. The minimum atomic E-state index is -0.248. The largest absolute Gasteiger partial charge is 0.322 e. The maximum atomic E-state index is 12.2. The first kappa shape index (κ1) is 19.2. The molecule has 0 fully saturated rings. The van der Waals surface area contributed by atoms with Crippen LogP contribution in [0.1, 0.15) is 29.2 Å². The molecule has 0 saturated carbocycles. The molecule has 5 heteroatoms. The third-order valence-electron chi connectivity index (χ3n) is 3.88. The van der Waals surface area contributed by atoms with Crippen molar-refractivity contribution in [2.75, 3.05) is 5.32 Å². The lowest BCUT2D eigenvalue weighted by molar-refractivity contribution is -0.121. The minimum absolute atomic E-state index is 0.172. The van der Waals surface area contributed by atoms with Crippen LogP contribution in [-0.2, 0) is 16.0 Å². The van der Waals surface area contributed by atoms with Crippen LogP contribution >= 0.6 is 0 Å². The van der Waals surface area contributed by atoms with Gasteiger partial charge in [-0.15, -0.1) is 0 Å². The highest BCUT2D eigenvalue weighted by Gasteiger charge is 2.07. The van der Waals surface area contributed by atoms with E-state index >= 15 is 0 Å². The molecular weight excluding hydrogens is 326 g/mol. The molecule has 2 aromatic carbocycles. The summed E-state index contributed by atoms with van der Waals surface area (Å²) in [4.78, 5) is 24.1. The molecule has 0 saturated heterocycles. The number of hydrogen-bond acceptors (Lipinski definition) is 3. The lowest BCUT2D eigenvalue weighted by Crippen LogP contribution is -2.37. The third-order valence-corrected chi connectivity index (χ3v) is 3.88. The summed E-state index contributed by atoms with van der Waals surface area (Å²) in [5.41, 5.74) is 10.8. The van der Waals surface area contributed by atoms with Crippen molar-refractivity contribution in [1.82, 2.24) is 10.9 Å². The first-order valence-electron chi connectivity index (χ1n) is 8.51. The number of rotatable bonds is 6. The fourth-order valence-corrected chi connectivity index (χ4v) is 2.76. The van der Waals surface area contributed by atoms with Gasteiger partial charge in [0.25, 0.3) is 0 Å². The van der Waals surface area contributed by atoms with E-state index in [4.69, 9.17) is 0 Å². The molecule has 2 amide bonds. The predicted octanol–water partition coefficient (Wildman–Crippen LogP) is 3.32. The lowest BCUT2D eigenvalue weighted by atomic mass is 10.1. The first-order chi connectivity index (χ1) is 12.3. The number of aryl methyl sites for hydroxylation is 3. The Morgan fingerprint density at radius 3 is 2.19 bits per heavy atom. The number of amides is 2. The normalized spacial score (nSPS) is 11.0. The molecule has 5 nitrogen and oxygen atoms in total. The third kappa shape index (κ3) is 5.77. The molecule has 0 aliphatic carbocycles. The van der Waals surface area contributed by atoms with Gasteiger partial charge in [0, 0.05) is 17.5 Å². The van der Waals surface area contributed by atoms with Crippen molar-refractivity contribution in [2.24, 2.45) is 0 Å². The molecule has 0 heterocycles. The molecule has 0 aliphatic rings. The molecule has 0 unspecified atom stereocenters. The van der Waals surface area contributed by atoms with Crippen molar-refractivity contribution in [1.29, 1.82) is 0 Å². The van der Waals surface area contributed by atoms with Crippen molar-refractivity contribution >= 4 is 17.5 Å². The Morgan fingerprint density at radius 2 is 1.58 bits per heavy atom. The van der Waals surface area contributed by atoms with E-state index in [1.165, 1.54) is 6.08 Å². The van der Waals surface area contributed by atoms with Gasteiger partial charge in [-0.25, -0.2) is 0 Å². The standard InChI is InChI=1S/C21H25N3O2/c1-14-10-15(2)21(16(3)11-14)22-19(25)12-17(4)23-24-20(26)13-18-8-6-5-7-9-18/h5-12,23H,13H2,1-4H3,(H,22,25)(H,24,26). The van der Waals surface area contributed by atoms with Gasteiger partial charge in [0.2, 0.25) is 11.8 Å². The Hall–Kier alpha value is -3.08. The fourth-order valence-electron chi connectivity index (χ4n) is 2.76. The summed E-state index contributed by atoms with van der Waals surface area (Å²) < 4.78 is 0. The first-order valence-corrected chi connectivity index (χ1v) is 8.51. The topological polar surface area (TPSA) is 70.2 Å². The number of hydrogen-bond donors (Lipinski definition) is 3. The Morgan fingerprint density at radius 1 is 0.962 bits per heavy atom. The number of anilines is 1. The summed E-state index contributed by atoms with van der Waals surface area (Å²) in [7, 11) is 0. The molecule has 0 aliphatic heterocycles. The predicted molar refractivity (Wildman–Crippen MR) is 104 cm³/mol. The van der Waals surface area contributed by atoms with Gasteiger partial charge in [-0.1, -0.05) is 48.0 Å². The average molecular weight is 351 g/mol. The lowest BCUT2D eigenvalue weighted by Gasteiger charge is -2.12. The fraction of sp³-hybridized carbons (Fsp3) is 0.238. The van der Waals surface area contributed by atoms with Crippen LogP contribution < -0.4 is 16.2 Å². The summed E-state index contributed by atoms with van der Waals surface area (Å²) in [5.74, 6) is -0.419. The smallest absolute Gasteiger partial charge is 0.250 e. The molecule has 2 aromatic rings. The van der Waals surface area contributed by atoms with Crippen molar-refractivity contribution in [2.45, 2.75) is 34.1 Å². The van der Waals surface area contributed by atoms with Gasteiger partial charge in [-0.2, -0.15) is 0 Å². The van der Waals surface area contributed by atoms with E-state index in [0.29, 0.717) is 5.70 Å². The van der Waals surface area contributed by atoms with E-state index in [-0.39, 0.29) is 18.2 Å². The minimum Gasteiger partial charge on any atom is -0.322 e. The summed E-state index contributed by atoms with van der Waals surface area (Å²) >= 11 is 0.